The van der Waals surface area contributed by atoms with Gasteiger partial charge in [0.2, 0.25) is 0 Å². The van der Waals surface area contributed by atoms with Crippen LogP contribution in [-0.4, -0.2) is 26.8 Å². The van der Waals surface area contributed by atoms with E-state index < -0.39 is 11.6 Å². The maximum atomic E-state index is 12.8. The zero-order chi connectivity index (χ0) is 16.5. The molecule has 0 radical (unpaired) electrons. The fraction of sp³-hybridized carbons (Fsp3) is 0.125. The van der Waals surface area contributed by atoms with E-state index in [9.17, 15) is 18.4 Å². The lowest BCUT2D eigenvalue weighted by Gasteiger charge is -1.99. The second-order valence-electron chi connectivity index (χ2n) is 4.02. The van der Waals surface area contributed by atoms with Crippen LogP contribution in [0.15, 0.2) is 36.4 Å². The molecule has 0 saturated heterocycles. The first-order valence-electron chi connectivity index (χ1n) is 6.13. The molecule has 0 N–H and O–H groups in total. The highest BCUT2D eigenvalue weighted by Crippen LogP contribution is 2.17. The maximum absolute atomic E-state index is 12.8. The van der Waals surface area contributed by atoms with Crippen molar-refractivity contribution in [2.75, 3.05) is 14.2 Å². The van der Waals surface area contributed by atoms with E-state index in [4.69, 9.17) is 0 Å². The van der Waals surface area contributed by atoms with Gasteiger partial charge >= 0.3 is 0 Å². The molecular weight excluding hydrogens is 294 g/mol. The van der Waals surface area contributed by atoms with Crippen molar-refractivity contribution >= 4 is 12.6 Å². The molecule has 22 heavy (non-hydrogen) atoms. The predicted octanol–water partition coefficient (Wildman–Crippen LogP) is 3.29. The van der Waals surface area contributed by atoms with E-state index in [1.165, 1.54) is 38.5 Å². The molecule has 6 heteroatoms. The van der Waals surface area contributed by atoms with E-state index in [2.05, 4.69) is 9.47 Å². The standard InChI is InChI=1S/2C8H7FO2/c2*1-11-8-3-2-6(5-10)4-7(8)9/h2*2-5H,1H3. The second kappa shape index (κ2) is 8.51. The number of benzene rings is 2. The van der Waals surface area contributed by atoms with Gasteiger partial charge in [0.25, 0.3) is 0 Å². The van der Waals surface area contributed by atoms with Gasteiger partial charge in [-0.2, -0.15) is 0 Å². The monoisotopic (exact) mass is 308 g/mol. The number of carbonyl (C=O) groups excluding carboxylic acids is 2. The number of ether oxygens (including phenoxy) is 2. The van der Waals surface area contributed by atoms with Gasteiger partial charge in [-0.05, 0) is 36.4 Å². The highest BCUT2D eigenvalue weighted by atomic mass is 19.1. The Morgan fingerprint density at radius 2 is 1.14 bits per heavy atom. The van der Waals surface area contributed by atoms with Crippen molar-refractivity contribution in [2.45, 2.75) is 0 Å². The highest BCUT2D eigenvalue weighted by Gasteiger charge is 2.02. The van der Waals surface area contributed by atoms with Gasteiger partial charge in [-0.15, -0.1) is 0 Å². The molecule has 0 atom stereocenters. The van der Waals surface area contributed by atoms with Crippen molar-refractivity contribution in [2.24, 2.45) is 0 Å². The SMILES string of the molecule is COc1ccc(C=O)cc1F.COc1ccc(C=O)cc1F. The molecule has 0 bridgehead atoms. The molecule has 0 unspecified atom stereocenters. The van der Waals surface area contributed by atoms with Gasteiger partial charge in [0.15, 0.2) is 23.1 Å². The molecule has 0 aromatic heterocycles. The number of aldehydes is 2. The summed E-state index contributed by atoms with van der Waals surface area (Å²) in [6, 6.07) is 8.08. The fourth-order valence-corrected chi connectivity index (χ4v) is 1.51. The molecule has 0 heterocycles. The molecule has 116 valence electrons. The Hall–Kier alpha value is -2.76. The summed E-state index contributed by atoms with van der Waals surface area (Å²) in [5.74, 6) is -0.736. The van der Waals surface area contributed by atoms with Crippen LogP contribution in [-0.2, 0) is 0 Å². The van der Waals surface area contributed by atoms with Gasteiger partial charge in [0.05, 0.1) is 14.2 Å². The number of methoxy groups -OCH3 is 2. The van der Waals surface area contributed by atoms with E-state index in [0.717, 1.165) is 12.1 Å². The van der Waals surface area contributed by atoms with E-state index >= 15 is 0 Å². The van der Waals surface area contributed by atoms with Gasteiger partial charge < -0.3 is 9.47 Å². The van der Waals surface area contributed by atoms with Crippen molar-refractivity contribution in [3.05, 3.63) is 59.2 Å². The number of hydrogen-bond donors (Lipinski definition) is 0. The molecule has 4 nitrogen and oxygen atoms in total. The Morgan fingerprint density at radius 3 is 1.36 bits per heavy atom. The number of rotatable bonds is 4. The zero-order valence-corrected chi connectivity index (χ0v) is 12.0. The Labute approximate surface area is 126 Å². The van der Waals surface area contributed by atoms with Crippen molar-refractivity contribution in [3.8, 4) is 11.5 Å². The summed E-state index contributed by atoms with van der Waals surface area (Å²) in [5.41, 5.74) is 0.617. The molecule has 0 amide bonds. The normalized spacial score (nSPS) is 9.27. The van der Waals surface area contributed by atoms with Crippen molar-refractivity contribution in [1.82, 2.24) is 0 Å². The zero-order valence-electron chi connectivity index (χ0n) is 12.0. The average Bonchev–Trinajstić information content (AvgIpc) is 2.55. The Bertz CT molecular complexity index is 599. The molecule has 0 aliphatic carbocycles. The molecule has 0 saturated carbocycles. The third-order valence-corrected chi connectivity index (χ3v) is 2.62. The van der Waals surface area contributed by atoms with Crippen molar-refractivity contribution in [3.63, 3.8) is 0 Å². The molecule has 0 fully saturated rings. The first kappa shape index (κ1) is 17.3. The molecule has 0 spiro atoms. The summed E-state index contributed by atoms with van der Waals surface area (Å²) < 4.78 is 34.8. The Balaban J connectivity index is 0.000000220. The lowest BCUT2D eigenvalue weighted by Crippen LogP contribution is -1.89. The van der Waals surface area contributed by atoms with Crippen molar-refractivity contribution < 1.29 is 27.8 Å². The first-order chi connectivity index (χ1) is 10.5. The van der Waals surface area contributed by atoms with Crippen LogP contribution in [0.5, 0.6) is 11.5 Å². The van der Waals surface area contributed by atoms with Crippen LogP contribution < -0.4 is 9.47 Å². The van der Waals surface area contributed by atoms with Crippen LogP contribution in [0, 0.1) is 11.6 Å². The van der Waals surface area contributed by atoms with Crippen LogP contribution in [0.3, 0.4) is 0 Å². The first-order valence-corrected chi connectivity index (χ1v) is 6.13. The van der Waals surface area contributed by atoms with Gasteiger partial charge in [0, 0.05) is 11.1 Å². The number of carbonyl (C=O) groups is 2. The minimum absolute atomic E-state index is 0.149. The fourth-order valence-electron chi connectivity index (χ4n) is 1.51. The topological polar surface area (TPSA) is 52.6 Å². The van der Waals surface area contributed by atoms with Crippen LogP contribution in [0.25, 0.3) is 0 Å². The predicted molar refractivity (Wildman–Crippen MR) is 76.7 cm³/mol. The van der Waals surface area contributed by atoms with E-state index in [0.29, 0.717) is 23.7 Å². The lowest BCUT2D eigenvalue weighted by molar-refractivity contribution is 0.111. The van der Waals surface area contributed by atoms with Gasteiger partial charge in [-0.25, -0.2) is 8.78 Å². The van der Waals surface area contributed by atoms with Crippen LogP contribution in [0.1, 0.15) is 20.7 Å². The maximum Gasteiger partial charge on any atom is 0.165 e. The highest BCUT2D eigenvalue weighted by molar-refractivity contribution is 5.75. The third kappa shape index (κ3) is 4.66. The molecule has 2 rings (SSSR count). The van der Waals surface area contributed by atoms with Gasteiger partial charge in [-0.3, -0.25) is 9.59 Å². The smallest absolute Gasteiger partial charge is 0.165 e. The van der Waals surface area contributed by atoms with Crippen molar-refractivity contribution in [1.29, 1.82) is 0 Å². The summed E-state index contributed by atoms with van der Waals surface area (Å²) >= 11 is 0. The van der Waals surface area contributed by atoms with E-state index in [-0.39, 0.29) is 11.5 Å². The Morgan fingerprint density at radius 1 is 0.773 bits per heavy atom. The average molecular weight is 308 g/mol. The van der Waals surface area contributed by atoms with Gasteiger partial charge in [0.1, 0.15) is 12.6 Å². The molecule has 2 aromatic carbocycles. The summed E-state index contributed by atoms with van der Waals surface area (Å²) in [4.78, 5) is 20.3. The van der Waals surface area contributed by atoms with Crippen LogP contribution in [0.4, 0.5) is 8.78 Å². The largest absolute Gasteiger partial charge is 0.494 e. The third-order valence-electron chi connectivity index (χ3n) is 2.62. The molecule has 2 aromatic rings. The van der Waals surface area contributed by atoms with Crippen LogP contribution in [0.2, 0.25) is 0 Å². The van der Waals surface area contributed by atoms with E-state index in [1.54, 1.807) is 0 Å². The number of hydrogen-bond acceptors (Lipinski definition) is 4. The molecular formula is C16H14F2O4. The quantitative estimate of drug-likeness (QED) is 0.813. The summed E-state index contributed by atoms with van der Waals surface area (Å²) in [6.07, 6.45) is 1.17. The molecule has 0 aliphatic heterocycles. The summed E-state index contributed by atoms with van der Waals surface area (Å²) in [6.45, 7) is 0. The summed E-state index contributed by atoms with van der Waals surface area (Å²) in [7, 11) is 2.75. The Kier molecular flexibility index (Phi) is 6.69. The molecule has 0 aliphatic rings. The minimum atomic E-state index is -0.517. The lowest BCUT2D eigenvalue weighted by atomic mass is 10.2. The number of halogens is 2. The van der Waals surface area contributed by atoms with Gasteiger partial charge in [-0.1, -0.05) is 0 Å². The van der Waals surface area contributed by atoms with Crippen LogP contribution >= 0.6 is 0 Å². The second-order valence-corrected chi connectivity index (χ2v) is 4.02. The van der Waals surface area contributed by atoms with E-state index in [1.807, 2.05) is 0 Å². The summed E-state index contributed by atoms with van der Waals surface area (Å²) in [5, 5.41) is 0. The minimum Gasteiger partial charge on any atom is -0.494 e.